The third-order valence-electron chi connectivity index (χ3n) is 5.52. The third kappa shape index (κ3) is 4.61. The van der Waals surface area contributed by atoms with Crippen LogP contribution in [0.25, 0.3) is 5.65 Å². The number of benzene rings is 1. The van der Waals surface area contributed by atoms with Crippen molar-refractivity contribution < 1.29 is 19.0 Å². The van der Waals surface area contributed by atoms with Crippen LogP contribution in [0.2, 0.25) is 0 Å². The molecule has 3 aromatic rings. The molecule has 0 unspecified atom stereocenters. The summed E-state index contributed by atoms with van der Waals surface area (Å²) in [5.41, 5.74) is 2.95. The predicted octanol–water partition coefficient (Wildman–Crippen LogP) is 3.06. The Labute approximate surface area is 187 Å². The SMILES string of the molecule is COc1cc2c(cc1OC)[C@@H](NC(=O)CCCc1nnc3ccc(OC(C)C)nn13)CC2. The van der Waals surface area contributed by atoms with E-state index in [-0.39, 0.29) is 18.1 Å². The number of carbonyl (C=O) groups is 1. The molecule has 1 amide bonds. The van der Waals surface area contributed by atoms with E-state index in [2.05, 4.69) is 20.6 Å². The van der Waals surface area contributed by atoms with E-state index < -0.39 is 0 Å². The smallest absolute Gasteiger partial charge is 0.232 e. The number of aromatic nitrogens is 4. The van der Waals surface area contributed by atoms with Crippen LogP contribution in [0.4, 0.5) is 0 Å². The number of nitrogens with one attached hydrogen (secondary N) is 1. The number of hydrogen-bond donors (Lipinski definition) is 1. The van der Waals surface area contributed by atoms with Crippen molar-refractivity contribution in [2.45, 2.75) is 58.1 Å². The Balaban J connectivity index is 1.35. The molecule has 1 N–H and O–H groups in total. The molecular formula is C23H29N5O4. The fraction of sp³-hybridized carbons (Fsp3) is 0.478. The predicted molar refractivity (Wildman–Crippen MR) is 118 cm³/mol. The van der Waals surface area contributed by atoms with E-state index in [1.807, 2.05) is 32.0 Å². The number of carbonyl (C=O) groups excluding carboxylic acids is 1. The van der Waals surface area contributed by atoms with Gasteiger partial charge in [-0.25, -0.2) is 0 Å². The van der Waals surface area contributed by atoms with Crippen LogP contribution in [0, 0.1) is 0 Å². The quantitative estimate of drug-likeness (QED) is 0.547. The highest BCUT2D eigenvalue weighted by Crippen LogP contribution is 2.39. The van der Waals surface area contributed by atoms with Gasteiger partial charge in [-0.1, -0.05) is 0 Å². The molecule has 0 aliphatic heterocycles. The number of methoxy groups -OCH3 is 2. The van der Waals surface area contributed by atoms with Crippen LogP contribution in [-0.2, 0) is 17.6 Å². The van der Waals surface area contributed by atoms with Gasteiger partial charge in [0.2, 0.25) is 11.8 Å². The molecule has 2 heterocycles. The standard InChI is InChI=1S/C23H29N5O4/c1-14(2)32-23-11-10-21-26-25-20(28(21)27-23)6-5-7-22(29)24-17-9-8-15-12-18(30-3)19(31-4)13-16(15)17/h10-14,17H,5-9H2,1-4H3,(H,24,29)/t17-/m0/s1. The summed E-state index contributed by atoms with van der Waals surface area (Å²) in [6.45, 7) is 3.90. The minimum atomic E-state index is -0.0105. The first-order chi connectivity index (χ1) is 15.5. The maximum atomic E-state index is 12.6. The second kappa shape index (κ2) is 9.42. The van der Waals surface area contributed by atoms with Gasteiger partial charge in [0.1, 0.15) is 0 Å². The summed E-state index contributed by atoms with van der Waals surface area (Å²) >= 11 is 0. The molecule has 1 aromatic carbocycles. The monoisotopic (exact) mass is 439 g/mol. The number of fused-ring (bicyclic) bond motifs is 2. The Hall–Kier alpha value is -3.36. The van der Waals surface area contributed by atoms with E-state index in [0.29, 0.717) is 48.1 Å². The van der Waals surface area contributed by atoms with Gasteiger partial charge < -0.3 is 19.5 Å². The van der Waals surface area contributed by atoms with Gasteiger partial charge in [-0.15, -0.1) is 15.3 Å². The molecule has 1 aliphatic rings. The molecule has 9 nitrogen and oxygen atoms in total. The first-order valence-corrected chi connectivity index (χ1v) is 10.9. The minimum absolute atomic E-state index is 0.0105. The van der Waals surface area contributed by atoms with E-state index in [9.17, 15) is 4.79 Å². The van der Waals surface area contributed by atoms with Crippen molar-refractivity contribution >= 4 is 11.6 Å². The van der Waals surface area contributed by atoms with Crippen molar-refractivity contribution in [3.8, 4) is 17.4 Å². The minimum Gasteiger partial charge on any atom is -0.493 e. The highest BCUT2D eigenvalue weighted by atomic mass is 16.5. The lowest BCUT2D eigenvalue weighted by Crippen LogP contribution is -2.27. The number of aryl methyl sites for hydroxylation is 2. The molecule has 32 heavy (non-hydrogen) atoms. The zero-order valence-electron chi connectivity index (χ0n) is 18.9. The van der Waals surface area contributed by atoms with E-state index in [4.69, 9.17) is 14.2 Å². The normalized spacial score (nSPS) is 15.1. The Morgan fingerprint density at radius 2 is 1.97 bits per heavy atom. The molecule has 0 saturated heterocycles. The lowest BCUT2D eigenvalue weighted by molar-refractivity contribution is -0.121. The van der Waals surface area contributed by atoms with Crippen molar-refractivity contribution in [2.75, 3.05) is 14.2 Å². The molecule has 1 aliphatic carbocycles. The van der Waals surface area contributed by atoms with Crippen LogP contribution in [-0.4, -0.2) is 46.0 Å². The largest absolute Gasteiger partial charge is 0.493 e. The summed E-state index contributed by atoms with van der Waals surface area (Å²) in [7, 11) is 3.25. The summed E-state index contributed by atoms with van der Waals surface area (Å²) < 4.78 is 18.1. The Bertz CT molecular complexity index is 1110. The van der Waals surface area contributed by atoms with E-state index in [1.165, 1.54) is 5.56 Å². The topological polar surface area (TPSA) is 99.9 Å². The Morgan fingerprint density at radius 3 is 2.72 bits per heavy atom. The van der Waals surface area contributed by atoms with Gasteiger partial charge in [-0.05, 0) is 62.4 Å². The van der Waals surface area contributed by atoms with Crippen molar-refractivity contribution in [3.63, 3.8) is 0 Å². The van der Waals surface area contributed by atoms with Gasteiger partial charge in [0, 0.05) is 18.9 Å². The van der Waals surface area contributed by atoms with E-state index in [0.717, 1.165) is 18.4 Å². The molecule has 0 spiro atoms. The Morgan fingerprint density at radius 1 is 1.19 bits per heavy atom. The van der Waals surface area contributed by atoms with Gasteiger partial charge in [0.25, 0.3) is 0 Å². The molecule has 0 radical (unpaired) electrons. The van der Waals surface area contributed by atoms with Crippen LogP contribution in [0.15, 0.2) is 24.3 Å². The molecule has 1 atom stereocenters. The van der Waals surface area contributed by atoms with Crippen molar-refractivity contribution in [2.24, 2.45) is 0 Å². The molecule has 2 aromatic heterocycles. The first-order valence-electron chi connectivity index (χ1n) is 10.9. The lowest BCUT2D eigenvalue weighted by atomic mass is 10.1. The maximum absolute atomic E-state index is 12.6. The molecule has 9 heteroatoms. The fourth-order valence-corrected chi connectivity index (χ4v) is 4.03. The summed E-state index contributed by atoms with van der Waals surface area (Å²) in [5.74, 6) is 2.65. The molecule has 4 rings (SSSR count). The lowest BCUT2D eigenvalue weighted by Gasteiger charge is -2.16. The van der Waals surface area contributed by atoms with Gasteiger partial charge >= 0.3 is 0 Å². The third-order valence-corrected chi connectivity index (χ3v) is 5.52. The maximum Gasteiger partial charge on any atom is 0.232 e. The van der Waals surface area contributed by atoms with Crippen LogP contribution in [0.1, 0.15) is 56.1 Å². The van der Waals surface area contributed by atoms with E-state index >= 15 is 0 Å². The van der Waals surface area contributed by atoms with Gasteiger partial charge in [0.15, 0.2) is 23.0 Å². The van der Waals surface area contributed by atoms with Crippen molar-refractivity contribution in [3.05, 3.63) is 41.2 Å². The summed E-state index contributed by atoms with van der Waals surface area (Å²) in [6, 6.07) is 7.57. The van der Waals surface area contributed by atoms with Gasteiger partial charge in [-0.2, -0.15) is 4.52 Å². The first kappa shape index (κ1) is 21.9. The average molecular weight is 440 g/mol. The van der Waals surface area contributed by atoms with Crippen LogP contribution >= 0.6 is 0 Å². The van der Waals surface area contributed by atoms with Gasteiger partial charge in [0.05, 0.1) is 26.4 Å². The zero-order chi connectivity index (χ0) is 22.7. The molecule has 0 saturated carbocycles. The molecular weight excluding hydrogens is 410 g/mol. The fourth-order valence-electron chi connectivity index (χ4n) is 4.03. The van der Waals surface area contributed by atoms with Crippen LogP contribution in [0.3, 0.4) is 0 Å². The number of rotatable bonds is 9. The molecule has 0 fully saturated rings. The summed E-state index contributed by atoms with van der Waals surface area (Å²) in [4.78, 5) is 12.6. The van der Waals surface area contributed by atoms with Gasteiger partial charge in [-0.3, -0.25) is 4.79 Å². The summed E-state index contributed by atoms with van der Waals surface area (Å²) in [5, 5.41) is 16.0. The van der Waals surface area contributed by atoms with Crippen molar-refractivity contribution in [1.82, 2.24) is 25.1 Å². The second-order valence-corrected chi connectivity index (χ2v) is 8.14. The summed E-state index contributed by atoms with van der Waals surface area (Å²) in [6.07, 6.45) is 3.45. The second-order valence-electron chi connectivity index (χ2n) is 8.14. The number of ether oxygens (including phenoxy) is 3. The molecule has 170 valence electrons. The Kier molecular flexibility index (Phi) is 6.43. The van der Waals surface area contributed by atoms with Crippen molar-refractivity contribution in [1.29, 1.82) is 0 Å². The number of amides is 1. The zero-order valence-corrected chi connectivity index (χ0v) is 18.9. The van der Waals surface area contributed by atoms with E-state index in [1.54, 1.807) is 24.8 Å². The highest BCUT2D eigenvalue weighted by molar-refractivity contribution is 5.76. The highest BCUT2D eigenvalue weighted by Gasteiger charge is 2.26. The number of nitrogens with zero attached hydrogens (tertiary/aromatic N) is 4. The molecule has 0 bridgehead atoms. The van der Waals surface area contributed by atoms with Crippen LogP contribution in [0.5, 0.6) is 17.4 Å². The average Bonchev–Trinajstić information content (AvgIpc) is 3.35. The number of hydrogen-bond acceptors (Lipinski definition) is 7. The van der Waals surface area contributed by atoms with Crippen LogP contribution < -0.4 is 19.5 Å².